The van der Waals surface area contributed by atoms with Crippen molar-refractivity contribution in [1.82, 2.24) is 4.98 Å². The van der Waals surface area contributed by atoms with Gasteiger partial charge in [0.1, 0.15) is 0 Å². The van der Waals surface area contributed by atoms with Gasteiger partial charge in [-0.1, -0.05) is 0 Å². The maximum Gasteiger partial charge on any atom is 0.512 e. The molecule has 0 aliphatic rings. The van der Waals surface area contributed by atoms with E-state index in [0.717, 1.165) is 0 Å². The summed E-state index contributed by atoms with van der Waals surface area (Å²) in [5.41, 5.74) is 1.18. The van der Waals surface area contributed by atoms with Crippen LogP contribution < -0.4 is 9.47 Å². The van der Waals surface area contributed by atoms with Crippen LogP contribution in [0.1, 0.15) is 11.3 Å². The third-order valence-electron chi connectivity index (χ3n) is 1.78. The minimum atomic E-state index is -1.59. The summed E-state index contributed by atoms with van der Waals surface area (Å²) in [6.07, 6.45) is -3.16. The van der Waals surface area contributed by atoms with E-state index < -0.39 is 18.2 Å². The third kappa shape index (κ3) is 2.84. The highest BCUT2D eigenvalue weighted by Gasteiger charge is 2.15. The second-order valence-corrected chi connectivity index (χ2v) is 2.93. The van der Waals surface area contributed by atoms with Crippen LogP contribution in [-0.2, 0) is 0 Å². The molecule has 0 atom stereocenters. The van der Waals surface area contributed by atoms with E-state index in [4.69, 9.17) is 10.2 Å². The molecule has 0 spiro atoms. The Morgan fingerprint density at radius 3 is 2.25 bits per heavy atom. The molecule has 1 aromatic rings. The number of carboxylic acid groups (broad SMARTS) is 2. The summed E-state index contributed by atoms with van der Waals surface area (Å²) in [4.78, 5) is 24.5. The van der Waals surface area contributed by atoms with Crippen LogP contribution in [0.4, 0.5) is 9.59 Å². The van der Waals surface area contributed by atoms with Crippen LogP contribution in [0.3, 0.4) is 0 Å². The van der Waals surface area contributed by atoms with Crippen molar-refractivity contribution in [3.05, 3.63) is 17.3 Å². The van der Waals surface area contributed by atoms with Crippen LogP contribution in [0.5, 0.6) is 11.6 Å². The number of hydrogen-bond donors (Lipinski definition) is 2. The van der Waals surface area contributed by atoms with Gasteiger partial charge in [-0.3, -0.25) is 0 Å². The predicted molar refractivity (Wildman–Crippen MR) is 51.0 cm³/mol. The van der Waals surface area contributed by atoms with Gasteiger partial charge in [-0.2, -0.15) is 0 Å². The van der Waals surface area contributed by atoms with E-state index in [1.165, 1.54) is 6.07 Å². The second kappa shape index (κ2) is 4.47. The fourth-order valence-corrected chi connectivity index (χ4v) is 0.981. The first kappa shape index (κ1) is 11.8. The third-order valence-corrected chi connectivity index (χ3v) is 1.78. The number of rotatable bonds is 2. The molecule has 7 heteroatoms. The zero-order chi connectivity index (χ0) is 12.3. The zero-order valence-corrected chi connectivity index (χ0v) is 8.55. The molecule has 1 aromatic heterocycles. The number of pyridine rings is 1. The van der Waals surface area contributed by atoms with Gasteiger partial charge in [-0.25, -0.2) is 14.6 Å². The summed E-state index contributed by atoms with van der Waals surface area (Å²) in [5, 5.41) is 16.9. The van der Waals surface area contributed by atoms with Gasteiger partial charge in [-0.05, 0) is 25.5 Å². The lowest BCUT2D eigenvalue weighted by atomic mass is 10.2. The number of nitrogens with zero attached hydrogens (tertiary/aromatic N) is 1. The van der Waals surface area contributed by atoms with E-state index in [2.05, 4.69) is 14.5 Å². The van der Waals surface area contributed by atoms with Crippen molar-refractivity contribution in [2.24, 2.45) is 0 Å². The van der Waals surface area contributed by atoms with Crippen molar-refractivity contribution in [3.8, 4) is 11.6 Å². The van der Waals surface area contributed by atoms with E-state index in [9.17, 15) is 9.59 Å². The first-order valence-corrected chi connectivity index (χ1v) is 4.20. The molecule has 0 fully saturated rings. The van der Waals surface area contributed by atoms with Gasteiger partial charge in [0.15, 0.2) is 5.75 Å². The summed E-state index contributed by atoms with van der Waals surface area (Å²) in [7, 11) is 0. The van der Waals surface area contributed by atoms with Crippen molar-refractivity contribution in [2.75, 3.05) is 0 Å². The van der Waals surface area contributed by atoms with Crippen LogP contribution in [0, 0.1) is 13.8 Å². The maximum atomic E-state index is 10.3. The van der Waals surface area contributed by atoms with Crippen LogP contribution in [-0.4, -0.2) is 27.5 Å². The molecule has 16 heavy (non-hydrogen) atoms. The quantitative estimate of drug-likeness (QED) is 0.742. The van der Waals surface area contributed by atoms with E-state index in [1.54, 1.807) is 13.8 Å². The molecule has 86 valence electrons. The minimum absolute atomic E-state index is 0.252. The predicted octanol–water partition coefficient (Wildman–Crippen LogP) is 1.81. The van der Waals surface area contributed by atoms with E-state index in [-0.39, 0.29) is 5.75 Å². The molecule has 2 N–H and O–H groups in total. The molecule has 0 amide bonds. The summed E-state index contributed by atoms with van der Waals surface area (Å²) < 4.78 is 8.65. The van der Waals surface area contributed by atoms with Gasteiger partial charge in [0.05, 0.1) is 0 Å². The average Bonchev–Trinajstić information content (AvgIpc) is 2.11. The van der Waals surface area contributed by atoms with Gasteiger partial charge in [-0.15, -0.1) is 0 Å². The Morgan fingerprint density at radius 2 is 1.75 bits per heavy atom. The van der Waals surface area contributed by atoms with E-state index in [1.807, 2.05) is 0 Å². The second-order valence-electron chi connectivity index (χ2n) is 2.93. The molecule has 0 aromatic carbocycles. The Hall–Kier alpha value is -2.31. The molecule has 1 rings (SSSR count). The summed E-state index contributed by atoms with van der Waals surface area (Å²) in [5.74, 6) is -0.643. The lowest BCUT2D eigenvalue weighted by Gasteiger charge is -2.08. The Morgan fingerprint density at radius 1 is 1.19 bits per heavy atom. The first-order chi connectivity index (χ1) is 7.40. The molecule has 0 radical (unpaired) electrons. The van der Waals surface area contributed by atoms with Gasteiger partial charge in [0.25, 0.3) is 5.88 Å². The van der Waals surface area contributed by atoms with Gasteiger partial charge in [0.2, 0.25) is 0 Å². The summed E-state index contributed by atoms with van der Waals surface area (Å²) in [6.45, 7) is 3.32. The number of aryl methyl sites for hydroxylation is 2. The molecular weight excluding hydrogens is 218 g/mol. The fourth-order valence-electron chi connectivity index (χ4n) is 0.981. The van der Waals surface area contributed by atoms with Gasteiger partial charge < -0.3 is 19.7 Å². The number of carbonyl (C=O) groups is 2. The molecule has 0 bridgehead atoms. The van der Waals surface area contributed by atoms with Crippen molar-refractivity contribution >= 4 is 12.3 Å². The molecule has 0 saturated carbocycles. The molecule has 0 aliphatic carbocycles. The monoisotopic (exact) mass is 227 g/mol. The molecule has 0 aliphatic heterocycles. The molecule has 7 nitrogen and oxygen atoms in total. The number of hydrogen-bond acceptors (Lipinski definition) is 5. The van der Waals surface area contributed by atoms with Crippen molar-refractivity contribution in [3.63, 3.8) is 0 Å². The van der Waals surface area contributed by atoms with Crippen molar-refractivity contribution < 1.29 is 29.3 Å². The number of aromatic nitrogens is 1. The van der Waals surface area contributed by atoms with Crippen molar-refractivity contribution in [1.29, 1.82) is 0 Å². The lowest BCUT2D eigenvalue weighted by Crippen LogP contribution is -2.10. The lowest BCUT2D eigenvalue weighted by molar-refractivity contribution is 0.131. The van der Waals surface area contributed by atoms with Gasteiger partial charge in [0, 0.05) is 5.69 Å². The Kier molecular flexibility index (Phi) is 3.29. The maximum absolute atomic E-state index is 10.3. The van der Waals surface area contributed by atoms with Crippen LogP contribution in [0.15, 0.2) is 6.07 Å². The SMILES string of the molecule is Cc1cc(OC(=O)O)c(OC(=O)O)nc1C. The average molecular weight is 227 g/mol. The Balaban J connectivity index is 3.15. The van der Waals surface area contributed by atoms with E-state index >= 15 is 0 Å². The smallest absolute Gasteiger partial charge is 0.449 e. The standard InChI is InChI=1S/C9H9NO6/c1-4-3-6(15-8(11)12)7(10-5(4)2)16-9(13)14/h3H,1-2H3,(H,11,12)(H,13,14). The fraction of sp³-hybridized carbons (Fsp3) is 0.222. The highest BCUT2D eigenvalue weighted by molar-refractivity contribution is 5.66. The molecule has 1 heterocycles. The first-order valence-electron chi connectivity index (χ1n) is 4.20. The van der Waals surface area contributed by atoms with Crippen LogP contribution in [0.25, 0.3) is 0 Å². The highest BCUT2D eigenvalue weighted by Crippen LogP contribution is 2.27. The van der Waals surface area contributed by atoms with E-state index in [0.29, 0.717) is 11.3 Å². The normalized spacial score (nSPS) is 9.62. The largest absolute Gasteiger partial charge is 0.512 e. The Bertz CT molecular complexity index is 401. The molecule has 0 saturated heterocycles. The minimum Gasteiger partial charge on any atom is -0.449 e. The Labute approximate surface area is 90.2 Å². The topological polar surface area (TPSA) is 106 Å². The van der Waals surface area contributed by atoms with Crippen LogP contribution >= 0.6 is 0 Å². The number of ether oxygens (including phenoxy) is 2. The zero-order valence-electron chi connectivity index (χ0n) is 8.55. The summed E-state index contributed by atoms with van der Waals surface area (Å²) in [6, 6.07) is 1.34. The van der Waals surface area contributed by atoms with Crippen molar-refractivity contribution in [2.45, 2.75) is 13.8 Å². The van der Waals surface area contributed by atoms with Gasteiger partial charge >= 0.3 is 12.3 Å². The highest BCUT2D eigenvalue weighted by atomic mass is 16.7. The molecule has 0 unspecified atom stereocenters. The molecular formula is C9H9NO6. The summed E-state index contributed by atoms with van der Waals surface area (Å²) >= 11 is 0. The van der Waals surface area contributed by atoms with Crippen LogP contribution in [0.2, 0.25) is 0 Å².